The van der Waals surface area contributed by atoms with Gasteiger partial charge < -0.3 is 0 Å². The quantitative estimate of drug-likeness (QED) is 0.728. The molecule has 0 atom stereocenters. The van der Waals surface area contributed by atoms with E-state index in [1.165, 1.54) is 0 Å². The summed E-state index contributed by atoms with van der Waals surface area (Å²) in [6, 6.07) is 0. The lowest BCUT2D eigenvalue weighted by Crippen LogP contribution is -1.95. The van der Waals surface area contributed by atoms with Crippen LogP contribution in [0.4, 0.5) is 0 Å². The number of rotatable bonds is 1. The first kappa shape index (κ1) is 7.53. The monoisotopic (exact) mass is 300 g/mol. The highest BCUT2D eigenvalue weighted by atomic mass is 127. The van der Waals surface area contributed by atoms with Crippen LogP contribution in [-0.2, 0) is 6.54 Å². The second kappa shape index (κ2) is 3.01. The van der Waals surface area contributed by atoms with E-state index in [1.807, 2.05) is 10.9 Å². The Morgan fingerprint density at radius 2 is 2.56 bits per heavy atom. The van der Waals surface area contributed by atoms with E-state index in [-0.39, 0.29) is 0 Å². The van der Waals surface area contributed by atoms with Crippen LogP contribution in [0.5, 0.6) is 0 Å². The van der Waals surface area contributed by atoms with E-state index in [9.17, 15) is 0 Å². The number of halogens is 2. The fourth-order valence-corrected chi connectivity index (χ4v) is 1.42. The molecule has 0 N–H and O–H groups in total. The SMILES string of the molecule is CCn1ncc(I)c1Br. The Morgan fingerprint density at radius 1 is 1.89 bits per heavy atom. The lowest BCUT2D eigenvalue weighted by Gasteiger charge is -1.94. The number of nitrogens with zero attached hydrogens (tertiary/aromatic N) is 2. The van der Waals surface area contributed by atoms with Crippen molar-refractivity contribution in [3.05, 3.63) is 14.4 Å². The maximum atomic E-state index is 4.10. The zero-order valence-corrected chi connectivity index (χ0v) is 8.68. The molecule has 0 bridgehead atoms. The maximum Gasteiger partial charge on any atom is 0.117 e. The van der Waals surface area contributed by atoms with Gasteiger partial charge in [-0.2, -0.15) is 5.10 Å². The smallest absolute Gasteiger partial charge is 0.117 e. The molecule has 0 aliphatic rings. The number of hydrogen-bond acceptors (Lipinski definition) is 1. The van der Waals surface area contributed by atoms with E-state index in [1.54, 1.807) is 0 Å². The van der Waals surface area contributed by atoms with Gasteiger partial charge >= 0.3 is 0 Å². The van der Waals surface area contributed by atoms with Crippen LogP contribution in [-0.4, -0.2) is 9.78 Å². The van der Waals surface area contributed by atoms with Crippen LogP contribution in [0.25, 0.3) is 0 Å². The Kier molecular flexibility index (Phi) is 2.51. The second-order valence-electron chi connectivity index (χ2n) is 1.60. The molecule has 2 nitrogen and oxygen atoms in total. The van der Waals surface area contributed by atoms with Crippen molar-refractivity contribution < 1.29 is 0 Å². The van der Waals surface area contributed by atoms with E-state index in [4.69, 9.17) is 0 Å². The van der Waals surface area contributed by atoms with E-state index in [0.717, 1.165) is 14.7 Å². The van der Waals surface area contributed by atoms with Crippen LogP contribution in [0.15, 0.2) is 10.8 Å². The molecule has 0 aromatic carbocycles. The summed E-state index contributed by atoms with van der Waals surface area (Å²) < 4.78 is 4.14. The first-order valence-electron chi connectivity index (χ1n) is 2.62. The van der Waals surface area contributed by atoms with Crippen LogP contribution >= 0.6 is 38.5 Å². The van der Waals surface area contributed by atoms with Crippen LogP contribution in [0, 0.1) is 3.57 Å². The van der Waals surface area contributed by atoms with Crippen LogP contribution in [0.3, 0.4) is 0 Å². The molecule has 0 saturated heterocycles. The molecular formula is C5H6BrIN2. The number of hydrogen-bond donors (Lipinski definition) is 0. The van der Waals surface area contributed by atoms with E-state index >= 15 is 0 Å². The van der Waals surface area contributed by atoms with Crippen molar-refractivity contribution in [2.24, 2.45) is 0 Å². The summed E-state index contributed by atoms with van der Waals surface area (Å²) in [5, 5.41) is 4.10. The minimum atomic E-state index is 0.920. The molecule has 1 aromatic heterocycles. The normalized spacial score (nSPS) is 10.1. The van der Waals surface area contributed by atoms with Gasteiger partial charge in [0.2, 0.25) is 0 Å². The van der Waals surface area contributed by atoms with Crippen molar-refractivity contribution in [3.63, 3.8) is 0 Å². The van der Waals surface area contributed by atoms with Gasteiger partial charge in [0.1, 0.15) is 4.60 Å². The average molecular weight is 301 g/mol. The summed E-state index contributed by atoms with van der Waals surface area (Å²) in [4.78, 5) is 0. The average Bonchev–Trinajstić information content (AvgIpc) is 2.15. The standard InChI is InChI=1S/C5H6BrIN2/c1-2-9-5(6)4(7)3-8-9/h3H,2H2,1H3. The van der Waals surface area contributed by atoms with Gasteiger partial charge in [-0.05, 0) is 45.4 Å². The zero-order chi connectivity index (χ0) is 6.85. The van der Waals surface area contributed by atoms with Crippen molar-refractivity contribution in [1.29, 1.82) is 0 Å². The minimum Gasteiger partial charge on any atom is -0.258 e. The highest BCUT2D eigenvalue weighted by molar-refractivity contribution is 14.1. The van der Waals surface area contributed by atoms with Gasteiger partial charge in [0.25, 0.3) is 0 Å². The highest BCUT2D eigenvalue weighted by Gasteiger charge is 2.00. The molecule has 4 heteroatoms. The third-order valence-electron chi connectivity index (χ3n) is 1.03. The Labute approximate surface area is 75.9 Å². The van der Waals surface area contributed by atoms with Crippen LogP contribution < -0.4 is 0 Å². The molecular weight excluding hydrogens is 295 g/mol. The van der Waals surface area contributed by atoms with Gasteiger partial charge in [0.05, 0.1) is 9.77 Å². The third kappa shape index (κ3) is 1.46. The minimum absolute atomic E-state index is 0.920. The Balaban J connectivity index is 3.04. The highest BCUT2D eigenvalue weighted by Crippen LogP contribution is 2.17. The first-order valence-corrected chi connectivity index (χ1v) is 4.49. The maximum absolute atomic E-state index is 4.10. The third-order valence-corrected chi connectivity index (χ3v) is 3.40. The van der Waals surface area contributed by atoms with Gasteiger partial charge in [-0.3, -0.25) is 4.68 Å². The topological polar surface area (TPSA) is 17.8 Å². The zero-order valence-electron chi connectivity index (χ0n) is 4.93. The van der Waals surface area contributed by atoms with Gasteiger partial charge in [-0.25, -0.2) is 0 Å². The molecule has 50 valence electrons. The second-order valence-corrected chi connectivity index (χ2v) is 3.51. The molecule has 0 saturated carbocycles. The van der Waals surface area contributed by atoms with E-state index in [2.05, 4.69) is 50.5 Å². The van der Waals surface area contributed by atoms with Crippen LogP contribution in [0.1, 0.15) is 6.92 Å². The molecule has 0 spiro atoms. The molecule has 1 rings (SSSR count). The van der Waals surface area contributed by atoms with Crippen molar-refractivity contribution in [2.45, 2.75) is 13.5 Å². The lowest BCUT2D eigenvalue weighted by molar-refractivity contribution is 0.645. The molecule has 0 aliphatic heterocycles. The van der Waals surface area contributed by atoms with Gasteiger partial charge in [-0.1, -0.05) is 0 Å². The lowest BCUT2D eigenvalue weighted by atomic mass is 10.7. The first-order chi connectivity index (χ1) is 4.25. The Morgan fingerprint density at radius 3 is 2.78 bits per heavy atom. The van der Waals surface area contributed by atoms with E-state index in [0.29, 0.717) is 0 Å². The molecule has 0 aliphatic carbocycles. The van der Waals surface area contributed by atoms with E-state index < -0.39 is 0 Å². The predicted molar refractivity (Wildman–Crippen MR) is 48.3 cm³/mol. The summed E-state index contributed by atoms with van der Waals surface area (Å²) in [6.07, 6.45) is 1.84. The number of aromatic nitrogens is 2. The fraction of sp³-hybridized carbons (Fsp3) is 0.400. The summed E-state index contributed by atoms with van der Waals surface area (Å²) in [6.45, 7) is 2.98. The Hall–Kier alpha value is 0.420. The van der Waals surface area contributed by atoms with Gasteiger partial charge in [0.15, 0.2) is 0 Å². The summed E-state index contributed by atoms with van der Waals surface area (Å²) in [5.74, 6) is 0. The fourth-order valence-electron chi connectivity index (χ4n) is 0.568. The molecule has 0 amide bonds. The summed E-state index contributed by atoms with van der Waals surface area (Å²) >= 11 is 5.64. The molecule has 9 heavy (non-hydrogen) atoms. The summed E-state index contributed by atoms with van der Waals surface area (Å²) in [5.41, 5.74) is 0. The number of aryl methyl sites for hydroxylation is 1. The van der Waals surface area contributed by atoms with Gasteiger partial charge in [0, 0.05) is 6.54 Å². The van der Waals surface area contributed by atoms with Gasteiger partial charge in [-0.15, -0.1) is 0 Å². The van der Waals surface area contributed by atoms with Crippen molar-refractivity contribution in [3.8, 4) is 0 Å². The molecule has 0 unspecified atom stereocenters. The molecule has 0 radical (unpaired) electrons. The van der Waals surface area contributed by atoms with Crippen molar-refractivity contribution >= 4 is 38.5 Å². The molecule has 1 aromatic rings. The molecule has 1 heterocycles. The van der Waals surface area contributed by atoms with Crippen molar-refractivity contribution in [1.82, 2.24) is 9.78 Å². The largest absolute Gasteiger partial charge is 0.258 e. The predicted octanol–water partition coefficient (Wildman–Crippen LogP) is 2.27. The van der Waals surface area contributed by atoms with Crippen LogP contribution in [0.2, 0.25) is 0 Å². The summed E-state index contributed by atoms with van der Waals surface area (Å²) in [7, 11) is 0. The molecule has 0 fully saturated rings. The van der Waals surface area contributed by atoms with Crippen molar-refractivity contribution in [2.75, 3.05) is 0 Å². The Bertz CT molecular complexity index is 209.